The zero-order chi connectivity index (χ0) is 9.23. The van der Waals surface area contributed by atoms with E-state index in [-0.39, 0.29) is 6.61 Å². The van der Waals surface area contributed by atoms with E-state index in [0.29, 0.717) is 19.0 Å². The van der Waals surface area contributed by atoms with Crippen LogP contribution in [0.25, 0.3) is 0 Å². The largest absolute Gasteiger partial charge is 0.512 e. The lowest BCUT2D eigenvalue weighted by Gasteiger charge is -1.99. The molecule has 0 saturated carbocycles. The summed E-state index contributed by atoms with van der Waals surface area (Å²) in [5.74, 6) is 1.28. The molecule has 12 heavy (non-hydrogen) atoms. The third kappa shape index (κ3) is 9.81. The van der Waals surface area contributed by atoms with Gasteiger partial charge in [0.05, 0.1) is 19.0 Å². The van der Waals surface area contributed by atoms with Crippen LogP contribution in [-0.4, -0.2) is 35.8 Å². The second-order valence-electron chi connectivity index (χ2n) is 2.32. The fraction of sp³-hybridized carbons (Fsp3) is 0.750. The van der Waals surface area contributed by atoms with Crippen LogP contribution in [0.5, 0.6) is 0 Å². The second-order valence-corrected chi connectivity index (χ2v) is 3.30. The number of aliphatic hydroxyl groups is 2. The van der Waals surface area contributed by atoms with Crippen molar-refractivity contribution < 1.29 is 14.9 Å². The molecule has 0 radical (unpaired) electrons. The summed E-state index contributed by atoms with van der Waals surface area (Å²) in [6.07, 6.45) is 0.939. The van der Waals surface area contributed by atoms with Crippen molar-refractivity contribution in [3.05, 3.63) is 11.2 Å². The maximum atomic E-state index is 8.77. The van der Waals surface area contributed by atoms with Crippen LogP contribution in [0.1, 0.15) is 13.3 Å². The summed E-state index contributed by atoms with van der Waals surface area (Å²) in [6, 6.07) is 0. The molecule has 0 aromatic heterocycles. The number of rotatable bonds is 7. The number of hydrogen-bond donors (Lipinski definition) is 2. The van der Waals surface area contributed by atoms with E-state index < -0.39 is 0 Å². The lowest BCUT2D eigenvalue weighted by atomic mass is 10.5. The van der Waals surface area contributed by atoms with E-state index in [0.717, 1.165) is 12.2 Å². The van der Waals surface area contributed by atoms with Crippen LogP contribution >= 0.6 is 11.8 Å². The van der Waals surface area contributed by atoms with Crippen LogP contribution in [0.15, 0.2) is 11.2 Å². The molecule has 0 rings (SSSR count). The van der Waals surface area contributed by atoms with Crippen molar-refractivity contribution in [1.29, 1.82) is 0 Å². The maximum Gasteiger partial charge on any atom is 0.0954 e. The highest BCUT2D eigenvalue weighted by Crippen LogP contribution is 2.06. The van der Waals surface area contributed by atoms with Gasteiger partial charge in [-0.3, -0.25) is 0 Å². The number of hydrogen-bond acceptors (Lipinski definition) is 4. The molecule has 0 atom stereocenters. The Kier molecular flexibility index (Phi) is 8.76. The summed E-state index contributed by atoms with van der Waals surface area (Å²) < 4.78 is 5.04. The highest BCUT2D eigenvalue weighted by molar-refractivity contribution is 8.02. The first-order valence-electron chi connectivity index (χ1n) is 3.93. The molecule has 0 spiro atoms. The Labute approximate surface area is 77.4 Å². The summed E-state index contributed by atoms with van der Waals surface area (Å²) in [6.45, 7) is 2.82. The monoisotopic (exact) mass is 192 g/mol. The topological polar surface area (TPSA) is 49.7 Å². The zero-order valence-corrected chi connectivity index (χ0v) is 8.14. The first kappa shape index (κ1) is 11.8. The second kappa shape index (κ2) is 8.90. The first-order valence-corrected chi connectivity index (χ1v) is 4.98. The zero-order valence-electron chi connectivity index (χ0n) is 7.32. The number of allylic oxidation sites excluding steroid dienone is 1. The van der Waals surface area contributed by atoms with Gasteiger partial charge < -0.3 is 14.9 Å². The van der Waals surface area contributed by atoms with Crippen LogP contribution in [0.2, 0.25) is 0 Å². The van der Waals surface area contributed by atoms with E-state index in [9.17, 15) is 0 Å². The Balaban J connectivity index is 2.96. The lowest BCUT2D eigenvalue weighted by molar-refractivity contribution is 0.0933. The Hall–Kier alpha value is -0.190. The van der Waals surface area contributed by atoms with Gasteiger partial charge in [0, 0.05) is 12.0 Å². The van der Waals surface area contributed by atoms with Gasteiger partial charge in [-0.05, 0) is 19.1 Å². The Morgan fingerprint density at radius 1 is 1.50 bits per heavy atom. The van der Waals surface area contributed by atoms with E-state index >= 15 is 0 Å². The Morgan fingerprint density at radius 2 is 2.25 bits per heavy atom. The molecule has 0 bridgehead atoms. The van der Waals surface area contributed by atoms with Crippen molar-refractivity contribution >= 4 is 11.8 Å². The molecular weight excluding hydrogens is 176 g/mol. The Bertz CT molecular complexity index is 121. The molecular formula is C8H16O3S. The minimum atomic E-state index is 0.0861. The van der Waals surface area contributed by atoms with Crippen molar-refractivity contribution in [1.82, 2.24) is 0 Å². The van der Waals surface area contributed by atoms with E-state index in [2.05, 4.69) is 0 Å². The minimum absolute atomic E-state index is 0.0861. The van der Waals surface area contributed by atoms with E-state index in [1.165, 1.54) is 0 Å². The van der Waals surface area contributed by atoms with Gasteiger partial charge in [-0.1, -0.05) is 0 Å². The molecule has 2 N–H and O–H groups in total. The summed E-state index contributed by atoms with van der Waals surface area (Å²) in [5, 5.41) is 18.9. The quantitative estimate of drug-likeness (QED) is 0.474. The minimum Gasteiger partial charge on any atom is -0.512 e. The fourth-order valence-corrected chi connectivity index (χ4v) is 1.23. The standard InChI is InChI=1S/C8H16O3S/c1-8(10)7-12-6-2-4-11-5-3-9/h7,9-10H,2-6H2,1H3. The van der Waals surface area contributed by atoms with Gasteiger partial charge in [-0.2, -0.15) is 0 Å². The molecule has 0 heterocycles. The fourth-order valence-electron chi connectivity index (χ4n) is 0.590. The molecule has 3 nitrogen and oxygen atoms in total. The molecule has 0 fully saturated rings. The first-order chi connectivity index (χ1) is 5.77. The molecule has 0 unspecified atom stereocenters. The van der Waals surface area contributed by atoms with Crippen LogP contribution in [0.3, 0.4) is 0 Å². The molecule has 0 saturated heterocycles. The molecule has 0 aromatic rings. The normalized spacial score (nSPS) is 12.0. The van der Waals surface area contributed by atoms with Crippen molar-refractivity contribution in [3.8, 4) is 0 Å². The smallest absolute Gasteiger partial charge is 0.0954 e. The van der Waals surface area contributed by atoms with E-state index in [1.54, 1.807) is 24.1 Å². The summed E-state index contributed by atoms with van der Waals surface area (Å²) in [7, 11) is 0. The predicted octanol–water partition coefficient (Wildman–Crippen LogP) is 1.54. The lowest BCUT2D eigenvalue weighted by Crippen LogP contribution is -2.01. The van der Waals surface area contributed by atoms with Gasteiger partial charge in [0.2, 0.25) is 0 Å². The van der Waals surface area contributed by atoms with Crippen LogP contribution in [-0.2, 0) is 4.74 Å². The van der Waals surface area contributed by atoms with E-state index in [4.69, 9.17) is 14.9 Å². The van der Waals surface area contributed by atoms with Gasteiger partial charge in [0.1, 0.15) is 0 Å². The summed E-state index contributed by atoms with van der Waals surface area (Å²) in [4.78, 5) is 0. The number of thioether (sulfide) groups is 1. The Morgan fingerprint density at radius 3 is 2.83 bits per heavy atom. The highest BCUT2D eigenvalue weighted by atomic mass is 32.2. The van der Waals surface area contributed by atoms with Gasteiger partial charge in [-0.25, -0.2) is 0 Å². The van der Waals surface area contributed by atoms with Crippen molar-refractivity contribution in [2.45, 2.75) is 13.3 Å². The average molecular weight is 192 g/mol. The maximum absolute atomic E-state index is 8.77. The third-order valence-corrected chi connectivity index (χ3v) is 2.07. The summed E-state index contributed by atoms with van der Waals surface area (Å²) >= 11 is 1.56. The molecule has 0 aliphatic carbocycles. The average Bonchev–Trinajstić information content (AvgIpc) is 2.02. The van der Waals surface area contributed by atoms with Crippen molar-refractivity contribution in [2.75, 3.05) is 25.6 Å². The SMILES string of the molecule is CC(O)=CSCCCOCCO. The molecule has 0 aromatic carbocycles. The van der Waals surface area contributed by atoms with Crippen LogP contribution in [0, 0.1) is 0 Å². The van der Waals surface area contributed by atoms with E-state index in [1.807, 2.05) is 0 Å². The number of ether oxygens (including phenoxy) is 1. The molecule has 0 aliphatic heterocycles. The van der Waals surface area contributed by atoms with Crippen molar-refractivity contribution in [2.24, 2.45) is 0 Å². The van der Waals surface area contributed by atoms with Crippen LogP contribution < -0.4 is 0 Å². The number of aliphatic hydroxyl groups excluding tert-OH is 2. The van der Waals surface area contributed by atoms with Gasteiger partial charge in [0.15, 0.2) is 0 Å². The van der Waals surface area contributed by atoms with Gasteiger partial charge in [0.25, 0.3) is 0 Å². The van der Waals surface area contributed by atoms with Crippen molar-refractivity contribution in [3.63, 3.8) is 0 Å². The van der Waals surface area contributed by atoms with Gasteiger partial charge in [-0.15, -0.1) is 11.8 Å². The van der Waals surface area contributed by atoms with Gasteiger partial charge >= 0.3 is 0 Å². The highest BCUT2D eigenvalue weighted by Gasteiger charge is 1.88. The molecule has 4 heteroatoms. The molecule has 0 amide bonds. The third-order valence-electron chi connectivity index (χ3n) is 1.04. The molecule has 72 valence electrons. The predicted molar refractivity (Wildman–Crippen MR) is 51.4 cm³/mol. The van der Waals surface area contributed by atoms with Crippen LogP contribution in [0.4, 0.5) is 0 Å². The molecule has 0 aliphatic rings. The summed E-state index contributed by atoms with van der Waals surface area (Å²) in [5.41, 5.74) is 0.